The van der Waals surface area contributed by atoms with E-state index in [-0.39, 0.29) is 18.2 Å². The highest BCUT2D eigenvalue weighted by Crippen LogP contribution is 2.16. The van der Waals surface area contributed by atoms with Crippen LogP contribution >= 0.6 is 0 Å². The largest absolute Gasteiger partial charge is 0.351 e. The monoisotopic (exact) mass is 318 g/mol. The maximum absolute atomic E-state index is 12.1. The molecular formula is C16H22N4O3. The van der Waals surface area contributed by atoms with E-state index in [0.29, 0.717) is 31.6 Å². The van der Waals surface area contributed by atoms with E-state index in [4.69, 9.17) is 5.21 Å². The van der Waals surface area contributed by atoms with Crippen LogP contribution in [0.1, 0.15) is 34.3 Å². The number of nitrogens with one attached hydrogen (secondary N) is 2. The minimum atomic E-state index is -0.382. The predicted molar refractivity (Wildman–Crippen MR) is 86.7 cm³/mol. The van der Waals surface area contributed by atoms with Crippen LogP contribution in [0.4, 0.5) is 0 Å². The average molecular weight is 318 g/mol. The molecule has 1 aromatic rings. The van der Waals surface area contributed by atoms with Crippen molar-refractivity contribution in [1.82, 2.24) is 15.7 Å². The van der Waals surface area contributed by atoms with Gasteiger partial charge in [-0.2, -0.15) is 0 Å². The summed E-state index contributed by atoms with van der Waals surface area (Å²) in [6.07, 6.45) is 2.76. The van der Waals surface area contributed by atoms with Crippen molar-refractivity contribution in [3.8, 4) is 0 Å². The van der Waals surface area contributed by atoms with Gasteiger partial charge in [0.05, 0.1) is 6.54 Å². The molecule has 1 aliphatic rings. The van der Waals surface area contributed by atoms with E-state index >= 15 is 0 Å². The lowest BCUT2D eigenvalue weighted by Gasteiger charge is -2.16. The van der Waals surface area contributed by atoms with Gasteiger partial charge in [0.15, 0.2) is 0 Å². The van der Waals surface area contributed by atoms with Crippen molar-refractivity contribution < 1.29 is 14.8 Å². The van der Waals surface area contributed by atoms with E-state index in [1.807, 2.05) is 36.4 Å². The molecule has 0 fully saturated rings. The fourth-order valence-corrected chi connectivity index (χ4v) is 2.39. The van der Waals surface area contributed by atoms with E-state index in [2.05, 4.69) is 10.3 Å². The van der Waals surface area contributed by atoms with Crippen molar-refractivity contribution in [2.45, 2.75) is 19.4 Å². The molecule has 1 aromatic carbocycles. The predicted octanol–water partition coefficient (Wildman–Crippen LogP) is 0.566. The van der Waals surface area contributed by atoms with Gasteiger partial charge < -0.3 is 10.2 Å². The summed E-state index contributed by atoms with van der Waals surface area (Å²) in [6.45, 7) is 2.59. The van der Waals surface area contributed by atoms with Crippen molar-refractivity contribution in [3.63, 3.8) is 0 Å². The molecule has 0 saturated carbocycles. The first kappa shape index (κ1) is 17.1. The highest BCUT2D eigenvalue weighted by atomic mass is 16.5. The van der Waals surface area contributed by atoms with Gasteiger partial charge in [0.1, 0.15) is 0 Å². The first-order valence-electron chi connectivity index (χ1n) is 7.62. The van der Waals surface area contributed by atoms with Crippen LogP contribution in [0, 0.1) is 0 Å². The number of aliphatic imine (C=N–C) groups is 1. The summed E-state index contributed by atoms with van der Waals surface area (Å²) < 4.78 is 0. The Hall–Kier alpha value is -2.25. The highest BCUT2D eigenvalue weighted by Gasteiger charge is 2.11. The van der Waals surface area contributed by atoms with Crippen LogP contribution in [-0.2, 0) is 11.3 Å². The third kappa shape index (κ3) is 5.15. The number of likely N-dealkylation sites (N-methyl/N-ethyl adjacent to an activating group) is 1. The third-order valence-corrected chi connectivity index (χ3v) is 3.74. The standard InChI is InChI=1S/C16H22N4O3/c1-20(7-2-3-15(21)19-23)8-6-18-16(22)12-4-5-13-10-17-11-14(13)9-12/h4-5,9-10,23H,2-3,6-8,11H2,1H3,(H,18,22)(H,19,21). The normalized spacial score (nSPS) is 12.3. The van der Waals surface area contributed by atoms with Crippen LogP contribution in [0.25, 0.3) is 0 Å². The lowest BCUT2D eigenvalue weighted by molar-refractivity contribution is -0.129. The molecule has 7 nitrogen and oxygen atoms in total. The molecular weight excluding hydrogens is 296 g/mol. The van der Waals surface area contributed by atoms with Crippen LogP contribution in [0.5, 0.6) is 0 Å². The van der Waals surface area contributed by atoms with Gasteiger partial charge in [-0.25, -0.2) is 5.48 Å². The Bertz CT molecular complexity index is 601. The van der Waals surface area contributed by atoms with Gasteiger partial charge >= 0.3 is 0 Å². The number of amides is 2. The van der Waals surface area contributed by atoms with Gasteiger partial charge in [0.2, 0.25) is 5.91 Å². The summed E-state index contributed by atoms with van der Waals surface area (Å²) >= 11 is 0. The number of hydroxylamine groups is 1. The zero-order valence-electron chi connectivity index (χ0n) is 13.2. The topological polar surface area (TPSA) is 94.0 Å². The Balaban J connectivity index is 1.67. The van der Waals surface area contributed by atoms with E-state index in [9.17, 15) is 9.59 Å². The molecule has 2 rings (SSSR count). The average Bonchev–Trinajstić information content (AvgIpc) is 3.02. The van der Waals surface area contributed by atoms with Crippen LogP contribution in [0.3, 0.4) is 0 Å². The van der Waals surface area contributed by atoms with E-state index < -0.39 is 0 Å². The zero-order valence-corrected chi connectivity index (χ0v) is 13.2. The second-order valence-corrected chi connectivity index (χ2v) is 5.58. The molecule has 0 atom stereocenters. The van der Waals surface area contributed by atoms with Gasteiger partial charge in [0.25, 0.3) is 5.91 Å². The van der Waals surface area contributed by atoms with E-state index in [0.717, 1.165) is 17.7 Å². The van der Waals surface area contributed by atoms with Crippen LogP contribution in [0.15, 0.2) is 23.2 Å². The van der Waals surface area contributed by atoms with E-state index in [1.165, 1.54) is 0 Å². The first-order chi connectivity index (χ1) is 11.1. The Morgan fingerprint density at radius 3 is 2.96 bits per heavy atom. The molecule has 7 heteroatoms. The Morgan fingerprint density at radius 2 is 2.17 bits per heavy atom. The fraction of sp³-hybridized carbons (Fsp3) is 0.438. The number of rotatable bonds is 8. The van der Waals surface area contributed by atoms with Crippen molar-refractivity contribution >= 4 is 18.0 Å². The third-order valence-electron chi connectivity index (χ3n) is 3.74. The van der Waals surface area contributed by atoms with Crippen LogP contribution in [-0.4, -0.2) is 54.8 Å². The van der Waals surface area contributed by atoms with Crippen molar-refractivity contribution in [2.75, 3.05) is 26.7 Å². The molecule has 1 aliphatic heterocycles. The van der Waals surface area contributed by atoms with Crippen LogP contribution in [0.2, 0.25) is 0 Å². The summed E-state index contributed by atoms with van der Waals surface area (Å²) in [4.78, 5) is 29.2. The Kier molecular flexibility index (Phi) is 6.25. The molecule has 0 aliphatic carbocycles. The SMILES string of the molecule is CN(CCCC(=O)NO)CCNC(=O)c1ccc2c(c1)CN=C2. The number of hydrogen-bond acceptors (Lipinski definition) is 5. The lowest BCUT2D eigenvalue weighted by Crippen LogP contribution is -2.33. The summed E-state index contributed by atoms with van der Waals surface area (Å²) in [6, 6.07) is 5.61. The van der Waals surface area contributed by atoms with Crippen molar-refractivity contribution in [3.05, 3.63) is 34.9 Å². The zero-order chi connectivity index (χ0) is 16.7. The minimum absolute atomic E-state index is 0.0900. The van der Waals surface area contributed by atoms with Crippen molar-refractivity contribution in [1.29, 1.82) is 0 Å². The second kappa shape index (κ2) is 8.40. The molecule has 0 saturated heterocycles. The number of carbonyl (C=O) groups excluding carboxylic acids is 2. The summed E-state index contributed by atoms with van der Waals surface area (Å²) in [5.74, 6) is -0.472. The lowest BCUT2D eigenvalue weighted by atomic mass is 10.1. The van der Waals surface area contributed by atoms with Gasteiger partial charge in [-0.3, -0.25) is 19.8 Å². The molecule has 0 bridgehead atoms. The maximum Gasteiger partial charge on any atom is 0.251 e. The fourth-order valence-electron chi connectivity index (χ4n) is 2.39. The number of benzene rings is 1. The smallest absolute Gasteiger partial charge is 0.251 e. The maximum atomic E-state index is 12.1. The van der Waals surface area contributed by atoms with Crippen LogP contribution < -0.4 is 10.8 Å². The number of carbonyl (C=O) groups is 2. The summed E-state index contributed by atoms with van der Waals surface area (Å²) in [5.41, 5.74) is 4.42. The summed E-state index contributed by atoms with van der Waals surface area (Å²) in [5, 5.41) is 11.3. The number of nitrogens with zero attached hydrogens (tertiary/aromatic N) is 2. The van der Waals surface area contributed by atoms with Gasteiger partial charge in [-0.15, -0.1) is 0 Å². The second-order valence-electron chi connectivity index (χ2n) is 5.58. The van der Waals surface area contributed by atoms with Gasteiger partial charge in [0, 0.05) is 31.3 Å². The number of hydrogen-bond donors (Lipinski definition) is 3. The Morgan fingerprint density at radius 1 is 1.35 bits per heavy atom. The first-order valence-corrected chi connectivity index (χ1v) is 7.62. The summed E-state index contributed by atoms with van der Waals surface area (Å²) in [7, 11) is 1.93. The molecule has 0 radical (unpaired) electrons. The molecule has 0 aromatic heterocycles. The van der Waals surface area contributed by atoms with Gasteiger partial charge in [-0.1, -0.05) is 6.07 Å². The number of fused-ring (bicyclic) bond motifs is 1. The van der Waals surface area contributed by atoms with Gasteiger partial charge in [-0.05, 0) is 43.3 Å². The molecule has 23 heavy (non-hydrogen) atoms. The Labute approximate surface area is 135 Å². The quantitative estimate of drug-likeness (QED) is 0.482. The molecule has 1 heterocycles. The van der Waals surface area contributed by atoms with Crippen molar-refractivity contribution in [2.24, 2.45) is 4.99 Å². The molecule has 124 valence electrons. The molecule has 0 spiro atoms. The van der Waals surface area contributed by atoms with E-state index in [1.54, 1.807) is 5.48 Å². The molecule has 2 amide bonds. The minimum Gasteiger partial charge on any atom is -0.351 e. The molecule has 0 unspecified atom stereocenters. The molecule has 3 N–H and O–H groups in total. The highest BCUT2D eigenvalue weighted by molar-refractivity contribution is 5.96.